The van der Waals surface area contributed by atoms with E-state index in [2.05, 4.69) is 9.97 Å². The van der Waals surface area contributed by atoms with Crippen LogP contribution in [0.1, 0.15) is 34.6 Å². The summed E-state index contributed by atoms with van der Waals surface area (Å²) in [5.41, 5.74) is 3.16. The van der Waals surface area contributed by atoms with E-state index in [0.29, 0.717) is 30.0 Å². The molecule has 134 valence electrons. The zero-order chi connectivity index (χ0) is 18.6. The van der Waals surface area contributed by atoms with Crippen molar-refractivity contribution in [2.75, 3.05) is 14.2 Å². The van der Waals surface area contributed by atoms with Crippen molar-refractivity contribution >= 4 is 5.91 Å². The maximum Gasteiger partial charge on any atom is 0.254 e. The zero-order valence-electron chi connectivity index (χ0n) is 15.5. The van der Waals surface area contributed by atoms with Gasteiger partial charge in [-0.1, -0.05) is 17.7 Å². The van der Waals surface area contributed by atoms with Crippen LogP contribution in [0.3, 0.4) is 0 Å². The van der Waals surface area contributed by atoms with Gasteiger partial charge in [0.25, 0.3) is 5.56 Å². The number of amides is 1. The number of benzene rings is 1. The van der Waals surface area contributed by atoms with Gasteiger partial charge in [0.05, 0.1) is 7.11 Å². The second kappa shape index (κ2) is 7.96. The molecule has 0 aliphatic heterocycles. The normalized spacial score (nSPS) is 10.6. The van der Waals surface area contributed by atoms with Crippen molar-refractivity contribution in [3.8, 4) is 5.75 Å². The molecular formula is C19H25N3O3. The van der Waals surface area contributed by atoms with Gasteiger partial charge in [0.15, 0.2) is 0 Å². The molecule has 0 atom stereocenters. The Morgan fingerprint density at radius 2 is 2.00 bits per heavy atom. The summed E-state index contributed by atoms with van der Waals surface area (Å²) in [4.78, 5) is 33.1. The Morgan fingerprint density at radius 1 is 1.28 bits per heavy atom. The molecule has 25 heavy (non-hydrogen) atoms. The number of methoxy groups -OCH3 is 1. The topological polar surface area (TPSA) is 75.3 Å². The van der Waals surface area contributed by atoms with Gasteiger partial charge in [-0.25, -0.2) is 4.98 Å². The highest BCUT2D eigenvalue weighted by Gasteiger charge is 2.15. The van der Waals surface area contributed by atoms with Crippen molar-refractivity contribution in [2.24, 2.45) is 0 Å². The summed E-state index contributed by atoms with van der Waals surface area (Å²) in [7, 11) is 3.38. The molecule has 6 heteroatoms. The number of hydrogen-bond donors (Lipinski definition) is 1. The van der Waals surface area contributed by atoms with Crippen LogP contribution in [-0.4, -0.2) is 34.9 Å². The maximum atomic E-state index is 12.4. The Morgan fingerprint density at radius 3 is 2.64 bits per heavy atom. The van der Waals surface area contributed by atoms with E-state index in [9.17, 15) is 9.59 Å². The predicted octanol–water partition coefficient (Wildman–Crippen LogP) is 2.29. The third-order valence-electron chi connectivity index (χ3n) is 4.20. The number of aromatic amines is 1. The first-order valence-electron chi connectivity index (χ1n) is 8.25. The predicted molar refractivity (Wildman–Crippen MR) is 96.9 cm³/mol. The van der Waals surface area contributed by atoms with Gasteiger partial charge in [-0.15, -0.1) is 0 Å². The number of hydrogen-bond acceptors (Lipinski definition) is 4. The molecule has 2 aromatic rings. The molecule has 6 nitrogen and oxygen atoms in total. The molecule has 1 aromatic carbocycles. The minimum absolute atomic E-state index is 0.0251. The third-order valence-corrected chi connectivity index (χ3v) is 4.20. The molecule has 1 amide bonds. The van der Waals surface area contributed by atoms with Crippen molar-refractivity contribution in [1.29, 1.82) is 0 Å². The van der Waals surface area contributed by atoms with Gasteiger partial charge < -0.3 is 14.6 Å². The first-order chi connectivity index (χ1) is 11.8. The minimum Gasteiger partial charge on any atom is -0.496 e. The van der Waals surface area contributed by atoms with Crippen molar-refractivity contribution < 1.29 is 9.53 Å². The lowest BCUT2D eigenvalue weighted by atomic mass is 10.1. The lowest BCUT2D eigenvalue weighted by molar-refractivity contribution is -0.130. The maximum absolute atomic E-state index is 12.4. The van der Waals surface area contributed by atoms with Crippen LogP contribution in [0.5, 0.6) is 5.75 Å². The van der Waals surface area contributed by atoms with Gasteiger partial charge in [-0.3, -0.25) is 9.59 Å². The molecule has 1 aromatic heterocycles. The second-order valence-electron chi connectivity index (χ2n) is 6.28. The van der Waals surface area contributed by atoms with E-state index in [4.69, 9.17) is 4.74 Å². The molecule has 0 bridgehead atoms. The molecule has 1 N–H and O–H groups in total. The van der Waals surface area contributed by atoms with Crippen molar-refractivity contribution in [3.05, 3.63) is 56.8 Å². The molecule has 0 fully saturated rings. The number of rotatable bonds is 6. The number of aromatic nitrogens is 2. The van der Waals surface area contributed by atoms with Crippen LogP contribution in [-0.2, 0) is 17.8 Å². The van der Waals surface area contributed by atoms with Crippen LogP contribution < -0.4 is 10.3 Å². The van der Waals surface area contributed by atoms with Crippen LogP contribution in [0.25, 0.3) is 0 Å². The highest BCUT2D eigenvalue weighted by Crippen LogP contribution is 2.21. The average molecular weight is 343 g/mol. The summed E-state index contributed by atoms with van der Waals surface area (Å²) in [6.45, 7) is 6.01. The van der Waals surface area contributed by atoms with E-state index < -0.39 is 0 Å². The fourth-order valence-corrected chi connectivity index (χ4v) is 2.84. The molecule has 0 saturated carbocycles. The highest BCUT2D eigenvalue weighted by molar-refractivity contribution is 5.76. The summed E-state index contributed by atoms with van der Waals surface area (Å²) in [5, 5.41) is 0. The molecule has 0 spiro atoms. The molecule has 0 aliphatic carbocycles. The fourth-order valence-electron chi connectivity index (χ4n) is 2.84. The van der Waals surface area contributed by atoms with Crippen molar-refractivity contribution in [2.45, 2.75) is 40.2 Å². The van der Waals surface area contributed by atoms with Crippen molar-refractivity contribution in [1.82, 2.24) is 14.9 Å². The van der Waals surface area contributed by atoms with Gasteiger partial charge in [-0.2, -0.15) is 0 Å². The Bertz CT molecular complexity index is 827. The van der Waals surface area contributed by atoms with Gasteiger partial charge in [0.2, 0.25) is 5.91 Å². The Balaban J connectivity index is 2.04. The third kappa shape index (κ3) is 4.68. The number of carbonyl (C=O) groups excluding carboxylic acids is 1. The fraction of sp³-hybridized carbons (Fsp3) is 0.421. The van der Waals surface area contributed by atoms with E-state index in [-0.39, 0.29) is 17.9 Å². The largest absolute Gasteiger partial charge is 0.496 e. The minimum atomic E-state index is -0.166. The lowest BCUT2D eigenvalue weighted by Crippen LogP contribution is -2.28. The average Bonchev–Trinajstić information content (AvgIpc) is 2.53. The number of nitrogens with one attached hydrogen (secondary N) is 1. The van der Waals surface area contributed by atoms with E-state index >= 15 is 0 Å². The van der Waals surface area contributed by atoms with E-state index in [1.807, 2.05) is 25.1 Å². The Labute approximate surface area is 147 Å². The van der Waals surface area contributed by atoms with E-state index in [1.54, 1.807) is 32.9 Å². The molecule has 0 aliphatic rings. The molecule has 2 rings (SSSR count). The quantitative estimate of drug-likeness (QED) is 0.873. The zero-order valence-corrected chi connectivity index (χ0v) is 15.5. The smallest absolute Gasteiger partial charge is 0.254 e. The summed E-state index contributed by atoms with van der Waals surface area (Å²) in [5.74, 6) is 1.32. The monoisotopic (exact) mass is 343 g/mol. The number of nitrogens with zero attached hydrogens (tertiary/aromatic N) is 2. The molecule has 1 heterocycles. The number of aryl methyl sites for hydroxylation is 3. The van der Waals surface area contributed by atoms with Gasteiger partial charge >= 0.3 is 0 Å². The molecular weight excluding hydrogens is 318 g/mol. The van der Waals surface area contributed by atoms with Crippen molar-refractivity contribution in [3.63, 3.8) is 0 Å². The van der Waals surface area contributed by atoms with Crippen LogP contribution in [0.4, 0.5) is 0 Å². The van der Waals surface area contributed by atoms with Crippen LogP contribution in [0.15, 0.2) is 23.0 Å². The SMILES string of the molecule is COc1ccc(C)cc1CN(C)C(=O)CCc1c(C)nc(C)[nH]c1=O. The second-order valence-corrected chi connectivity index (χ2v) is 6.28. The van der Waals surface area contributed by atoms with Crippen LogP contribution in [0.2, 0.25) is 0 Å². The summed E-state index contributed by atoms with van der Waals surface area (Å²) in [6, 6.07) is 5.90. The van der Waals surface area contributed by atoms with Gasteiger partial charge in [0, 0.05) is 36.8 Å². The Kier molecular flexibility index (Phi) is 5.96. The number of ether oxygens (including phenoxy) is 1. The van der Waals surface area contributed by atoms with Crippen LogP contribution >= 0.6 is 0 Å². The summed E-state index contributed by atoms with van der Waals surface area (Å²) >= 11 is 0. The van der Waals surface area contributed by atoms with Gasteiger partial charge in [-0.05, 0) is 33.3 Å². The first kappa shape index (κ1) is 18.7. The number of H-pyrrole nitrogens is 1. The van der Waals surface area contributed by atoms with Gasteiger partial charge in [0.1, 0.15) is 11.6 Å². The molecule has 0 radical (unpaired) electrons. The number of carbonyl (C=O) groups is 1. The molecule has 0 unspecified atom stereocenters. The summed E-state index contributed by atoms with van der Waals surface area (Å²) in [6.07, 6.45) is 0.641. The first-order valence-corrected chi connectivity index (χ1v) is 8.25. The standard InChI is InChI=1S/C19H25N3O3/c1-12-6-8-17(25-5)15(10-12)11-22(4)18(23)9-7-16-13(2)20-14(3)21-19(16)24/h6,8,10H,7,9,11H2,1-5H3,(H,20,21,24). The van der Waals surface area contributed by atoms with E-state index in [0.717, 1.165) is 16.9 Å². The summed E-state index contributed by atoms with van der Waals surface area (Å²) < 4.78 is 5.36. The van der Waals surface area contributed by atoms with Crippen LogP contribution in [0, 0.1) is 20.8 Å². The van der Waals surface area contributed by atoms with E-state index in [1.165, 1.54) is 0 Å². The molecule has 0 saturated heterocycles. The lowest BCUT2D eigenvalue weighted by Gasteiger charge is -2.19. The highest BCUT2D eigenvalue weighted by atomic mass is 16.5. The Hall–Kier alpha value is -2.63.